The topological polar surface area (TPSA) is 52.4 Å². The SMILES string of the molecule is Cc1cc(Br)cc([N+](=O)[O-])c1Oc1c(Cl)cccc1CBr. The molecule has 0 fully saturated rings. The summed E-state index contributed by atoms with van der Waals surface area (Å²) in [4.78, 5) is 10.7. The number of rotatable bonds is 4. The molecule has 0 radical (unpaired) electrons. The minimum absolute atomic E-state index is 0.109. The highest BCUT2D eigenvalue weighted by Crippen LogP contribution is 2.41. The van der Waals surface area contributed by atoms with Crippen LogP contribution < -0.4 is 4.74 Å². The van der Waals surface area contributed by atoms with Gasteiger partial charge >= 0.3 is 5.69 Å². The van der Waals surface area contributed by atoms with Gasteiger partial charge in [0.2, 0.25) is 5.75 Å². The van der Waals surface area contributed by atoms with Gasteiger partial charge in [0.15, 0.2) is 0 Å². The normalized spacial score (nSPS) is 10.5. The molecular formula is C14H10Br2ClNO3. The number of aryl methyl sites for hydroxylation is 1. The Morgan fingerprint density at radius 3 is 2.67 bits per heavy atom. The second-order valence-electron chi connectivity index (χ2n) is 4.29. The zero-order valence-electron chi connectivity index (χ0n) is 10.9. The fourth-order valence-corrected chi connectivity index (χ4v) is 3.09. The lowest BCUT2D eigenvalue weighted by Crippen LogP contribution is -1.98. The Hall–Kier alpha value is -1.11. The molecule has 2 aromatic rings. The molecule has 0 amide bonds. The van der Waals surface area contributed by atoms with Crippen molar-refractivity contribution < 1.29 is 9.66 Å². The molecule has 2 aromatic carbocycles. The first-order chi connectivity index (χ1) is 9.93. The number of hydrogen-bond donors (Lipinski definition) is 0. The van der Waals surface area contributed by atoms with Gasteiger partial charge in [-0.05, 0) is 24.6 Å². The van der Waals surface area contributed by atoms with E-state index in [4.69, 9.17) is 16.3 Å². The molecule has 0 atom stereocenters. The van der Waals surface area contributed by atoms with Crippen LogP contribution in [0.15, 0.2) is 34.8 Å². The Balaban J connectivity index is 2.57. The van der Waals surface area contributed by atoms with Gasteiger partial charge < -0.3 is 4.74 Å². The van der Waals surface area contributed by atoms with E-state index in [2.05, 4.69) is 31.9 Å². The van der Waals surface area contributed by atoms with E-state index in [-0.39, 0.29) is 11.4 Å². The zero-order chi connectivity index (χ0) is 15.6. The van der Waals surface area contributed by atoms with Crippen molar-refractivity contribution in [2.75, 3.05) is 0 Å². The number of benzene rings is 2. The average Bonchev–Trinajstić information content (AvgIpc) is 2.42. The smallest absolute Gasteiger partial charge is 0.312 e. The van der Waals surface area contributed by atoms with Crippen LogP contribution in [-0.2, 0) is 5.33 Å². The molecule has 0 bridgehead atoms. The molecule has 4 nitrogen and oxygen atoms in total. The first-order valence-electron chi connectivity index (χ1n) is 5.89. The first-order valence-corrected chi connectivity index (χ1v) is 8.19. The van der Waals surface area contributed by atoms with Crippen LogP contribution >= 0.6 is 43.5 Å². The molecule has 0 aliphatic heterocycles. The van der Waals surface area contributed by atoms with Crippen molar-refractivity contribution in [3.05, 3.63) is 61.1 Å². The summed E-state index contributed by atoms with van der Waals surface area (Å²) in [7, 11) is 0. The number of para-hydroxylation sites is 1. The van der Waals surface area contributed by atoms with Crippen LogP contribution in [0.25, 0.3) is 0 Å². The Labute approximate surface area is 143 Å². The van der Waals surface area contributed by atoms with Crippen molar-refractivity contribution in [3.63, 3.8) is 0 Å². The van der Waals surface area contributed by atoms with Gasteiger partial charge in [0.25, 0.3) is 0 Å². The summed E-state index contributed by atoms with van der Waals surface area (Å²) in [5.74, 6) is 0.614. The standard InChI is InChI=1S/C14H10Br2ClNO3/c1-8-5-10(16)6-12(18(19)20)13(8)21-14-9(7-15)3-2-4-11(14)17/h2-6H,7H2,1H3. The Kier molecular flexibility index (Phi) is 5.24. The third kappa shape index (κ3) is 3.56. The van der Waals surface area contributed by atoms with E-state index in [0.717, 1.165) is 5.56 Å². The fraction of sp³-hybridized carbons (Fsp3) is 0.143. The van der Waals surface area contributed by atoms with Gasteiger partial charge in [-0.1, -0.05) is 55.6 Å². The van der Waals surface area contributed by atoms with Gasteiger partial charge in [0.05, 0.1) is 9.95 Å². The van der Waals surface area contributed by atoms with Gasteiger partial charge in [-0.25, -0.2) is 0 Å². The summed E-state index contributed by atoms with van der Waals surface area (Å²) >= 11 is 12.8. The van der Waals surface area contributed by atoms with Crippen molar-refractivity contribution in [1.29, 1.82) is 0 Å². The van der Waals surface area contributed by atoms with Crippen molar-refractivity contribution in [1.82, 2.24) is 0 Å². The van der Waals surface area contributed by atoms with Gasteiger partial charge in [-0.3, -0.25) is 10.1 Å². The largest absolute Gasteiger partial charge is 0.448 e. The van der Waals surface area contributed by atoms with Crippen LogP contribution in [0.1, 0.15) is 11.1 Å². The highest BCUT2D eigenvalue weighted by atomic mass is 79.9. The molecule has 2 rings (SSSR count). The minimum Gasteiger partial charge on any atom is -0.448 e. The summed E-state index contributed by atoms with van der Waals surface area (Å²) in [5, 5.41) is 12.2. The maximum Gasteiger partial charge on any atom is 0.312 e. The monoisotopic (exact) mass is 433 g/mol. The molecule has 110 valence electrons. The molecule has 7 heteroatoms. The Morgan fingerprint density at radius 1 is 1.33 bits per heavy atom. The maximum absolute atomic E-state index is 11.2. The second-order valence-corrected chi connectivity index (χ2v) is 6.18. The van der Waals surface area contributed by atoms with E-state index >= 15 is 0 Å². The van der Waals surface area contributed by atoms with Crippen LogP contribution in [0.3, 0.4) is 0 Å². The van der Waals surface area contributed by atoms with Crippen LogP contribution in [-0.4, -0.2) is 4.92 Å². The number of nitro groups is 1. The predicted molar refractivity (Wildman–Crippen MR) is 89.7 cm³/mol. The summed E-state index contributed by atoms with van der Waals surface area (Å²) in [6.07, 6.45) is 0. The number of nitro benzene ring substituents is 1. The van der Waals surface area contributed by atoms with E-state index in [0.29, 0.717) is 26.1 Å². The second kappa shape index (κ2) is 6.77. The lowest BCUT2D eigenvalue weighted by Gasteiger charge is -2.13. The Bertz CT molecular complexity index is 707. The van der Waals surface area contributed by atoms with Crippen molar-refractivity contribution in [2.45, 2.75) is 12.3 Å². The van der Waals surface area contributed by atoms with Crippen molar-refractivity contribution in [2.24, 2.45) is 0 Å². The molecule has 21 heavy (non-hydrogen) atoms. The average molecular weight is 435 g/mol. The van der Waals surface area contributed by atoms with Gasteiger partial charge in [0, 0.05) is 21.4 Å². The highest BCUT2D eigenvalue weighted by molar-refractivity contribution is 9.10. The molecule has 0 N–H and O–H groups in total. The van der Waals surface area contributed by atoms with Crippen molar-refractivity contribution >= 4 is 49.1 Å². The molecule has 0 aliphatic carbocycles. The van der Waals surface area contributed by atoms with Gasteiger partial charge in [-0.15, -0.1) is 0 Å². The fourth-order valence-electron chi connectivity index (χ4n) is 1.86. The lowest BCUT2D eigenvalue weighted by molar-refractivity contribution is -0.385. The lowest BCUT2D eigenvalue weighted by atomic mass is 10.2. The van der Waals surface area contributed by atoms with Crippen LogP contribution in [0.5, 0.6) is 11.5 Å². The maximum atomic E-state index is 11.2. The third-order valence-electron chi connectivity index (χ3n) is 2.81. The molecule has 0 unspecified atom stereocenters. The predicted octanol–water partition coefficient (Wildman–Crippen LogP) is 6.01. The van der Waals surface area contributed by atoms with E-state index in [1.54, 1.807) is 25.1 Å². The number of hydrogen-bond acceptors (Lipinski definition) is 3. The molecule has 0 saturated heterocycles. The first kappa shape index (κ1) is 16.3. The summed E-state index contributed by atoms with van der Waals surface area (Å²) in [6.45, 7) is 1.75. The van der Waals surface area contributed by atoms with E-state index in [1.165, 1.54) is 6.07 Å². The van der Waals surface area contributed by atoms with Crippen LogP contribution in [0.2, 0.25) is 5.02 Å². The number of halogens is 3. The van der Waals surface area contributed by atoms with E-state index in [1.807, 2.05) is 6.07 Å². The molecule has 0 aromatic heterocycles. The zero-order valence-corrected chi connectivity index (χ0v) is 14.8. The van der Waals surface area contributed by atoms with Crippen LogP contribution in [0.4, 0.5) is 5.69 Å². The number of ether oxygens (including phenoxy) is 1. The van der Waals surface area contributed by atoms with Crippen molar-refractivity contribution in [3.8, 4) is 11.5 Å². The molecule has 0 saturated carbocycles. The van der Waals surface area contributed by atoms with E-state index in [9.17, 15) is 10.1 Å². The summed E-state index contributed by atoms with van der Waals surface area (Å²) in [6, 6.07) is 8.49. The molecule has 0 spiro atoms. The Morgan fingerprint density at radius 2 is 2.05 bits per heavy atom. The quantitative estimate of drug-likeness (QED) is 0.336. The highest BCUT2D eigenvalue weighted by Gasteiger charge is 2.21. The minimum atomic E-state index is -0.474. The van der Waals surface area contributed by atoms with Gasteiger partial charge in [-0.2, -0.15) is 0 Å². The summed E-state index contributed by atoms with van der Waals surface area (Å²) < 4.78 is 6.41. The van der Waals surface area contributed by atoms with E-state index < -0.39 is 4.92 Å². The number of nitrogens with zero attached hydrogens (tertiary/aromatic N) is 1. The third-order valence-corrected chi connectivity index (χ3v) is 4.17. The van der Waals surface area contributed by atoms with Crippen LogP contribution in [0, 0.1) is 17.0 Å². The summed E-state index contributed by atoms with van der Waals surface area (Å²) in [5.41, 5.74) is 1.36. The molecular weight excluding hydrogens is 425 g/mol. The number of alkyl halides is 1. The molecule has 0 heterocycles. The molecule has 0 aliphatic rings. The van der Waals surface area contributed by atoms with Gasteiger partial charge in [0.1, 0.15) is 5.75 Å².